The first-order chi connectivity index (χ1) is 11.5. The number of carbonyl (C=O) groups excluding carboxylic acids is 2. The Labute approximate surface area is 156 Å². The number of carboxylic acids is 2. The van der Waals surface area contributed by atoms with Crippen LogP contribution in [0.2, 0.25) is 0 Å². The molecule has 0 aliphatic heterocycles. The minimum Gasteiger partial charge on any atom is -0.480 e. The van der Waals surface area contributed by atoms with Crippen molar-refractivity contribution in [1.29, 1.82) is 0 Å². The van der Waals surface area contributed by atoms with Crippen molar-refractivity contribution in [1.82, 2.24) is 10.6 Å². The lowest BCUT2D eigenvalue weighted by molar-refractivity contribution is -0.139. The van der Waals surface area contributed by atoms with E-state index in [1.807, 2.05) is 5.32 Å². The van der Waals surface area contributed by atoms with E-state index in [0.29, 0.717) is 11.8 Å². The fourth-order valence-corrected chi connectivity index (χ4v) is 2.34. The van der Waals surface area contributed by atoms with Crippen molar-refractivity contribution < 1.29 is 33.8 Å². The van der Waals surface area contributed by atoms with Crippen molar-refractivity contribution >= 4 is 58.7 Å². The van der Waals surface area contributed by atoms with Gasteiger partial charge < -0.3 is 26.6 Å². The standard InChI is InChI=1S/C12H16Cl2FN3O6S/c13-9(14)10(15)25-4-6(11(22)17-3-8(20)21)18-7(19)2-1-5(16)12(23)24/h5-6H,1-4,16H2,(H,17,22)(H,18,19)(H,20,21)(H,23,24). The summed E-state index contributed by atoms with van der Waals surface area (Å²) in [6.07, 6.45) is -0.477. The molecule has 9 nitrogen and oxygen atoms in total. The topological polar surface area (TPSA) is 159 Å². The van der Waals surface area contributed by atoms with Crippen molar-refractivity contribution in [2.75, 3.05) is 12.3 Å². The Morgan fingerprint density at radius 1 is 1.20 bits per heavy atom. The zero-order valence-electron chi connectivity index (χ0n) is 12.6. The van der Waals surface area contributed by atoms with Gasteiger partial charge >= 0.3 is 11.9 Å². The Hall–Kier alpha value is -1.56. The van der Waals surface area contributed by atoms with Crippen LogP contribution in [0.25, 0.3) is 0 Å². The highest BCUT2D eigenvalue weighted by atomic mass is 35.5. The molecule has 6 N–H and O–H groups in total. The minimum absolute atomic E-state index is 0.181. The van der Waals surface area contributed by atoms with Crippen LogP contribution in [0.5, 0.6) is 0 Å². The summed E-state index contributed by atoms with van der Waals surface area (Å²) >= 11 is 10.9. The maximum atomic E-state index is 13.3. The van der Waals surface area contributed by atoms with Gasteiger partial charge in [0.15, 0.2) is 5.16 Å². The summed E-state index contributed by atoms with van der Waals surface area (Å²) in [7, 11) is 0. The fraction of sp³-hybridized carbons (Fsp3) is 0.500. The van der Waals surface area contributed by atoms with Crippen molar-refractivity contribution in [3.63, 3.8) is 0 Å². The maximum Gasteiger partial charge on any atom is 0.322 e. The molecule has 0 saturated heterocycles. The lowest BCUT2D eigenvalue weighted by atomic mass is 10.1. The highest BCUT2D eigenvalue weighted by molar-refractivity contribution is 8.03. The van der Waals surface area contributed by atoms with E-state index in [4.69, 9.17) is 39.1 Å². The number of hydrogen-bond acceptors (Lipinski definition) is 6. The Bertz CT molecular complexity index is 559. The molecule has 0 radical (unpaired) electrons. The Kier molecular flexibility index (Phi) is 11.2. The van der Waals surface area contributed by atoms with Crippen LogP contribution in [-0.2, 0) is 19.2 Å². The predicted octanol–water partition coefficient (Wildman–Crippen LogP) is 0.171. The zero-order chi connectivity index (χ0) is 19.6. The molecule has 0 rings (SSSR count). The van der Waals surface area contributed by atoms with Crippen molar-refractivity contribution in [2.45, 2.75) is 24.9 Å². The Balaban J connectivity index is 4.78. The van der Waals surface area contributed by atoms with E-state index in [1.165, 1.54) is 0 Å². The molecule has 0 saturated carbocycles. The van der Waals surface area contributed by atoms with Crippen molar-refractivity contribution in [2.24, 2.45) is 5.73 Å². The number of nitrogens with two attached hydrogens (primary N) is 1. The van der Waals surface area contributed by atoms with E-state index in [9.17, 15) is 23.6 Å². The monoisotopic (exact) mass is 419 g/mol. The second kappa shape index (κ2) is 11.9. The second-order valence-corrected chi connectivity index (χ2v) is 6.49. The number of carboxylic acid groups (broad SMARTS) is 2. The van der Waals surface area contributed by atoms with Crippen LogP contribution < -0.4 is 16.4 Å². The molecule has 13 heteroatoms. The molecule has 2 amide bonds. The van der Waals surface area contributed by atoms with Crippen molar-refractivity contribution in [3.05, 3.63) is 9.65 Å². The number of rotatable bonds is 11. The highest BCUT2D eigenvalue weighted by Gasteiger charge is 2.23. The third-order valence-electron chi connectivity index (χ3n) is 2.59. The molecule has 0 fully saturated rings. The van der Waals surface area contributed by atoms with Gasteiger partial charge in [-0.1, -0.05) is 35.0 Å². The first-order valence-corrected chi connectivity index (χ1v) is 8.39. The summed E-state index contributed by atoms with van der Waals surface area (Å²) in [6.45, 7) is -0.700. The van der Waals surface area contributed by atoms with E-state index in [2.05, 4.69) is 5.32 Å². The summed E-state index contributed by atoms with van der Waals surface area (Å²) in [5.74, 6) is -4.51. The molecule has 0 aromatic carbocycles. The molecule has 142 valence electrons. The number of nitrogens with one attached hydrogen (secondary N) is 2. The summed E-state index contributed by atoms with van der Waals surface area (Å²) in [6, 6.07) is -2.55. The van der Waals surface area contributed by atoms with Crippen LogP contribution >= 0.6 is 35.0 Å². The number of amides is 2. The van der Waals surface area contributed by atoms with Gasteiger partial charge in [-0.05, 0) is 6.42 Å². The molecule has 0 heterocycles. The highest BCUT2D eigenvalue weighted by Crippen LogP contribution is 2.26. The predicted molar refractivity (Wildman–Crippen MR) is 89.7 cm³/mol. The van der Waals surface area contributed by atoms with Gasteiger partial charge in [0.25, 0.3) is 0 Å². The fourth-order valence-electron chi connectivity index (χ4n) is 1.36. The molecular weight excluding hydrogens is 404 g/mol. The van der Waals surface area contributed by atoms with Crippen LogP contribution in [-0.4, -0.2) is 58.3 Å². The number of thioether (sulfide) groups is 1. The van der Waals surface area contributed by atoms with Crippen LogP contribution in [0.15, 0.2) is 9.65 Å². The third-order valence-corrected chi connectivity index (χ3v) is 4.10. The largest absolute Gasteiger partial charge is 0.480 e. The normalized spacial score (nSPS) is 12.6. The first-order valence-electron chi connectivity index (χ1n) is 6.65. The van der Waals surface area contributed by atoms with Crippen LogP contribution in [0.1, 0.15) is 12.8 Å². The SMILES string of the molecule is NC(CCC(=O)NC(CSC(F)=C(Cl)Cl)C(=O)NCC(=O)O)C(=O)O. The van der Waals surface area contributed by atoms with Crippen LogP contribution in [0.4, 0.5) is 4.39 Å². The Morgan fingerprint density at radius 3 is 2.28 bits per heavy atom. The molecule has 0 bridgehead atoms. The van der Waals surface area contributed by atoms with Gasteiger partial charge in [-0.3, -0.25) is 19.2 Å². The summed E-state index contributed by atoms with van der Waals surface area (Å²) < 4.78 is 12.6. The summed E-state index contributed by atoms with van der Waals surface area (Å²) in [5.41, 5.74) is 5.25. The average molecular weight is 420 g/mol. The van der Waals surface area contributed by atoms with Gasteiger partial charge in [-0.25, -0.2) is 0 Å². The maximum absolute atomic E-state index is 13.3. The van der Waals surface area contributed by atoms with Crippen LogP contribution in [0, 0.1) is 0 Å². The number of carbonyl (C=O) groups is 4. The van der Waals surface area contributed by atoms with Crippen molar-refractivity contribution in [3.8, 4) is 0 Å². The molecule has 0 aliphatic carbocycles. The minimum atomic E-state index is -1.31. The number of hydrogen-bond donors (Lipinski definition) is 5. The smallest absolute Gasteiger partial charge is 0.322 e. The lowest BCUT2D eigenvalue weighted by Crippen LogP contribution is -2.49. The van der Waals surface area contributed by atoms with Gasteiger partial charge in [0.05, 0.1) is 0 Å². The summed E-state index contributed by atoms with van der Waals surface area (Å²) in [4.78, 5) is 44.7. The summed E-state index contributed by atoms with van der Waals surface area (Å²) in [5, 5.41) is 20.5. The molecule has 2 unspecified atom stereocenters. The van der Waals surface area contributed by atoms with E-state index in [1.54, 1.807) is 0 Å². The molecular formula is C12H16Cl2FN3O6S. The quantitative estimate of drug-likeness (QED) is 0.316. The average Bonchev–Trinajstić information content (AvgIpc) is 2.53. The number of aliphatic carboxylic acids is 2. The van der Waals surface area contributed by atoms with Gasteiger partial charge in [0.2, 0.25) is 11.8 Å². The Morgan fingerprint density at radius 2 is 1.80 bits per heavy atom. The molecule has 25 heavy (non-hydrogen) atoms. The lowest BCUT2D eigenvalue weighted by Gasteiger charge is -2.17. The molecule has 0 spiro atoms. The molecule has 2 atom stereocenters. The number of halogens is 3. The van der Waals surface area contributed by atoms with E-state index in [0.717, 1.165) is 0 Å². The molecule has 0 aliphatic rings. The first kappa shape index (κ1) is 23.4. The zero-order valence-corrected chi connectivity index (χ0v) is 15.0. The molecule has 0 aromatic rings. The van der Waals surface area contributed by atoms with Crippen LogP contribution in [0.3, 0.4) is 0 Å². The van der Waals surface area contributed by atoms with Gasteiger partial charge in [-0.15, -0.1) is 0 Å². The second-order valence-electron chi connectivity index (χ2n) is 4.56. The van der Waals surface area contributed by atoms with Gasteiger partial charge in [0.1, 0.15) is 23.1 Å². The van der Waals surface area contributed by atoms with Gasteiger partial charge in [0, 0.05) is 12.2 Å². The third kappa shape index (κ3) is 10.8. The van der Waals surface area contributed by atoms with E-state index in [-0.39, 0.29) is 18.6 Å². The van der Waals surface area contributed by atoms with Gasteiger partial charge in [-0.2, -0.15) is 4.39 Å². The molecule has 0 aromatic heterocycles. The van der Waals surface area contributed by atoms with E-state index < -0.39 is 52.0 Å². The van der Waals surface area contributed by atoms with E-state index >= 15 is 0 Å².